The molecule has 0 radical (unpaired) electrons. The van der Waals surface area contributed by atoms with Crippen LogP contribution >= 0.6 is 0 Å². The highest BCUT2D eigenvalue weighted by Gasteiger charge is 2.30. The zero-order valence-corrected chi connectivity index (χ0v) is 17.8. The van der Waals surface area contributed by atoms with E-state index in [4.69, 9.17) is 4.74 Å². The van der Waals surface area contributed by atoms with E-state index in [2.05, 4.69) is 10.6 Å². The lowest BCUT2D eigenvalue weighted by Gasteiger charge is -2.09. The van der Waals surface area contributed by atoms with Gasteiger partial charge in [-0.2, -0.15) is 13.2 Å². The highest BCUT2D eigenvalue weighted by molar-refractivity contribution is 5.98. The molecule has 10 heteroatoms. The van der Waals surface area contributed by atoms with Crippen molar-refractivity contribution in [2.45, 2.75) is 25.9 Å². The number of halogens is 3. The minimum Gasteiger partial charge on any atom is -0.456 e. The van der Waals surface area contributed by atoms with E-state index in [9.17, 15) is 32.3 Å². The Hall–Kier alpha value is -3.69. The van der Waals surface area contributed by atoms with Gasteiger partial charge in [0.25, 0.3) is 5.91 Å². The van der Waals surface area contributed by atoms with Gasteiger partial charge in [-0.05, 0) is 42.7 Å². The Bertz CT molecular complexity index is 987. The standard InChI is InChI=1S/C23H23F3N2O5/c1-15(29)27-12-2-3-16-4-6-17(7-5-16)20(30)14-33-21(31)13-28-22(32)18-8-10-19(11-9-18)23(24,25)26/h4-11H,2-3,12-14H2,1H3,(H,27,29)(H,28,32). The van der Waals surface area contributed by atoms with Crippen molar-refractivity contribution in [2.75, 3.05) is 19.7 Å². The Morgan fingerprint density at radius 3 is 2.06 bits per heavy atom. The van der Waals surface area contributed by atoms with Crippen LogP contribution in [0.5, 0.6) is 0 Å². The van der Waals surface area contributed by atoms with E-state index in [1.807, 2.05) is 0 Å². The molecule has 7 nitrogen and oxygen atoms in total. The summed E-state index contributed by atoms with van der Waals surface area (Å²) in [6.07, 6.45) is -3.04. The molecule has 2 N–H and O–H groups in total. The van der Waals surface area contributed by atoms with Crippen molar-refractivity contribution in [3.05, 3.63) is 70.8 Å². The number of amides is 2. The van der Waals surface area contributed by atoms with Gasteiger partial charge in [0.15, 0.2) is 12.4 Å². The molecule has 0 unspecified atom stereocenters. The van der Waals surface area contributed by atoms with Gasteiger partial charge >= 0.3 is 12.1 Å². The summed E-state index contributed by atoms with van der Waals surface area (Å²) >= 11 is 0. The van der Waals surface area contributed by atoms with Gasteiger partial charge in [0.2, 0.25) is 5.91 Å². The third-order valence-electron chi connectivity index (χ3n) is 4.52. The molecule has 0 heterocycles. The summed E-state index contributed by atoms with van der Waals surface area (Å²) in [5, 5.41) is 4.93. The molecule has 0 fully saturated rings. The van der Waals surface area contributed by atoms with Gasteiger partial charge in [-0.15, -0.1) is 0 Å². The highest BCUT2D eigenvalue weighted by Crippen LogP contribution is 2.29. The molecule has 176 valence electrons. The van der Waals surface area contributed by atoms with Crippen LogP contribution in [0.3, 0.4) is 0 Å². The number of esters is 1. The number of aryl methyl sites for hydroxylation is 1. The summed E-state index contributed by atoms with van der Waals surface area (Å²) in [5.74, 6) is -2.13. The summed E-state index contributed by atoms with van der Waals surface area (Å²) < 4.78 is 42.5. The van der Waals surface area contributed by atoms with Crippen molar-refractivity contribution >= 4 is 23.6 Å². The van der Waals surface area contributed by atoms with Crippen molar-refractivity contribution in [3.63, 3.8) is 0 Å². The first kappa shape index (κ1) is 25.6. The van der Waals surface area contributed by atoms with E-state index in [1.54, 1.807) is 24.3 Å². The number of hydrogen-bond donors (Lipinski definition) is 2. The maximum Gasteiger partial charge on any atom is 0.416 e. The molecule has 0 spiro atoms. The third-order valence-corrected chi connectivity index (χ3v) is 4.52. The average molecular weight is 464 g/mol. The van der Waals surface area contributed by atoms with Crippen LogP contribution < -0.4 is 10.6 Å². The lowest BCUT2D eigenvalue weighted by Crippen LogP contribution is -2.31. The molecule has 0 saturated heterocycles. The third kappa shape index (κ3) is 8.76. The number of ketones is 1. The summed E-state index contributed by atoms with van der Waals surface area (Å²) in [6.45, 7) is 0.944. The van der Waals surface area contributed by atoms with Crippen molar-refractivity contribution in [1.82, 2.24) is 10.6 Å². The second kappa shape index (κ2) is 11.8. The number of alkyl halides is 3. The van der Waals surface area contributed by atoms with Gasteiger partial charge in [-0.3, -0.25) is 19.2 Å². The Labute approximate surface area is 188 Å². The molecule has 2 aromatic carbocycles. The Kier molecular flexibility index (Phi) is 9.14. The second-order valence-electron chi connectivity index (χ2n) is 7.13. The van der Waals surface area contributed by atoms with E-state index in [0.717, 1.165) is 42.7 Å². The first-order valence-corrected chi connectivity index (χ1v) is 10.0. The lowest BCUT2D eigenvalue weighted by molar-refractivity contribution is -0.141. The van der Waals surface area contributed by atoms with Crippen molar-refractivity contribution in [1.29, 1.82) is 0 Å². The average Bonchev–Trinajstić information content (AvgIpc) is 2.78. The summed E-state index contributed by atoms with van der Waals surface area (Å²) in [5.41, 5.74) is 0.390. The SMILES string of the molecule is CC(=O)NCCCc1ccc(C(=O)COC(=O)CNC(=O)c2ccc(C(F)(F)F)cc2)cc1. The second-order valence-corrected chi connectivity index (χ2v) is 7.13. The van der Waals surface area contributed by atoms with E-state index >= 15 is 0 Å². The van der Waals surface area contributed by atoms with Crippen LogP contribution in [0.25, 0.3) is 0 Å². The molecule has 33 heavy (non-hydrogen) atoms. The van der Waals surface area contributed by atoms with Gasteiger partial charge in [-0.25, -0.2) is 0 Å². The number of Topliss-reactive ketones (excluding diaryl/α,β-unsaturated/α-hetero) is 1. The fourth-order valence-electron chi connectivity index (χ4n) is 2.76. The van der Waals surface area contributed by atoms with E-state index < -0.39 is 42.6 Å². The number of rotatable bonds is 10. The van der Waals surface area contributed by atoms with E-state index in [0.29, 0.717) is 12.1 Å². The van der Waals surface area contributed by atoms with Crippen LogP contribution in [0.4, 0.5) is 13.2 Å². The fourth-order valence-corrected chi connectivity index (χ4v) is 2.76. The molecule has 0 saturated carbocycles. The number of carbonyl (C=O) groups is 4. The van der Waals surface area contributed by atoms with Gasteiger partial charge in [0, 0.05) is 24.6 Å². The lowest BCUT2D eigenvalue weighted by atomic mass is 10.1. The number of carbonyl (C=O) groups excluding carboxylic acids is 4. The molecule has 0 aliphatic carbocycles. The highest BCUT2D eigenvalue weighted by atomic mass is 19.4. The smallest absolute Gasteiger partial charge is 0.416 e. The number of hydrogen-bond acceptors (Lipinski definition) is 5. The molecule has 0 bridgehead atoms. The Morgan fingerprint density at radius 1 is 0.879 bits per heavy atom. The van der Waals surface area contributed by atoms with Gasteiger partial charge < -0.3 is 15.4 Å². The monoisotopic (exact) mass is 464 g/mol. The van der Waals surface area contributed by atoms with Crippen LogP contribution in [0.2, 0.25) is 0 Å². The van der Waals surface area contributed by atoms with E-state index in [1.165, 1.54) is 6.92 Å². The minimum absolute atomic E-state index is 0.0518. The van der Waals surface area contributed by atoms with Gasteiger partial charge in [0.05, 0.1) is 5.56 Å². The molecule has 0 aromatic heterocycles. The fraction of sp³-hybridized carbons (Fsp3) is 0.304. The predicted octanol–water partition coefficient (Wildman–Crippen LogP) is 2.93. The Morgan fingerprint density at radius 2 is 1.48 bits per heavy atom. The molecule has 2 amide bonds. The summed E-state index contributed by atoms with van der Waals surface area (Å²) in [6, 6.07) is 10.3. The number of benzene rings is 2. The molecule has 0 aliphatic rings. The topological polar surface area (TPSA) is 102 Å². The van der Waals surface area contributed by atoms with Crippen LogP contribution in [0.1, 0.15) is 45.2 Å². The normalized spacial score (nSPS) is 10.9. The first-order valence-electron chi connectivity index (χ1n) is 10.0. The maximum atomic E-state index is 12.6. The zero-order chi connectivity index (χ0) is 24.4. The first-order chi connectivity index (χ1) is 15.6. The number of nitrogens with one attached hydrogen (secondary N) is 2. The molecular weight excluding hydrogens is 441 g/mol. The predicted molar refractivity (Wildman–Crippen MR) is 113 cm³/mol. The van der Waals surface area contributed by atoms with Gasteiger partial charge in [0.1, 0.15) is 6.54 Å². The molecule has 0 aliphatic heterocycles. The van der Waals surface area contributed by atoms with Crippen LogP contribution in [0.15, 0.2) is 48.5 Å². The maximum absolute atomic E-state index is 12.6. The largest absolute Gasteiger partial charge is 0.456 e. The minimum atomic E-state index is -4.51. The quantitative estimate of drug-likeness (QED) is 0.320. The van der Waals surface area contributed by atoms with Crippen LogP contribution in [-0.2, 0) is 26.9 Å². The summed E-state index contributed by atoms with van der Waals surface area (Å²) in [4.78, 5) is 46.7. The van der Waals surface area contributed by atoms with Crippen LogP contribution in [-0.4, -0.2) is 43.3 Å². The molecule has 0 atom stereocenters. The van der Waals surface area contributed by atoms with Gasteiger partial charge in [-0.1, -0.05) is 24.3 Å². The summed E-state index contributed by atoms with van der Waals surface area (Å²) in [7, 11) is 0. The Balaban J connectivity index is 1.73. The van der Waals surface area contributed by atoms with Crippen LogP contribution in [0, 0.1) is 0 Å². The van der Waals surface area contributed by atoms with Crippen molar-refractivity contribution in [3.8, 4) is 0 Å². The number of ether oxygens (including phenoxy) is 1. The van der Waals surface area contributed by atoms with E-state index in [-0.39, 0.29) is 11.5 Å². The molecule has 2 rings (SSSR count). The van der Waals surface area contributed by atoms with Crippen molar-refractivity contribution < 1.29 is 37.1 Å². The molecular formula is C23H23F3N2O5. The van der Waals surface area contributed by atoms with Crippen molar-refractivity contribution in [2.24, 2.45) is 0 Å². The zero-order valence-electron chi connectivity index (χ0n) is 17.8. The molecule has 2 aromatic rings.